The molecule has 2 heteroatoms. The van der Waals surface area contributed by atoms with E-state index >= 15 is 0 Å². The van der Waals surface area contributed by atoms with Crippen LogP contribution in [-0.2, 0) is 0 Å². The van der Waals surface area contributed by atoms with Crippen LogP contribution in [-0.4, -0.2) is 23.4 Å². The summed E-state index contributed by atoms with van der Waals surface area (Å²) in [7, 11) is 0. The number of aliphatic hydroxyl groups excluding tert-OH is 2. The van der Waals surface area contributed by atoms with Crippen molar-refractivity contribution >= 4 is 35.1 Å². The highest BCUT2D eigenvalue weighted by Gasteiger charge is 2.02. The van der Waals surface area contributed by atoms with Gasteiger partial charge in [0.2, 0.25) is 0 Å². The number of aliphatic hydroxyl groups is 2. The maximum atomic E-state index is 8.86. The first kappa shape index (κ1) is 28.7. The number of rotatable bonds is 10. The van der Waals surface area contributed by atoms with Gasteiger partial charge in [0.1, 0.15) is 0 Å². The first-order chi connectivity index (χ1) is 19.8. The summed E-state index contributed by atoms with van der Waals surface area (Å²) < 4.78 is 0. The Hall–Kier alpha value is -4.34. The van der Waals surface area contributed by atoms with Gasteiger partial charge in [0.05, 0.1) is 0 Å². The van der Waals surface area contributed by atoms with Gasteiger partial charge in [0.25, 0.3) is 0 Å². The molecule has 4 rings (SSSR count). The zero-order chi connectivity index (χ0) is 27.8. The molecule has 0 aromatic heterocycles. The van der Waals surface area contributed by atoms with E-state index in [1.165, 1.54) is 21.9 Å². The second-order valence-electron chi connectivity index (χ2n) is 9.67. The Balaban J connectivity index is 1.44. The summed E-state index contributed by atoms with van der Waals surface area (Å²) in [4.78, 5) is 0. The molecular weight excluding hydrogens is 488 g/mol. The maximum absolute atomic E-state index is 8.86. The molecule has 0 saturated heterocycles. The van der Waals surface area contributed by atoms with E-state index in [2.05, 4.69) is 133 Å². The molecule has 4 aromatic rings. The lowest BCUT2D eigenvalue weighted by Gasteiger charge is -2.07. The molecule has 0 spiro atoms. The highest BCUT2D eigenvalue weighted by Crippen LogP contribution is 2.26. The highest BCUT2D eigenvalue weighted by molar-refractivity contribution is 5.99. The van der Waals surface area contributed by atoms with E-state index < -0.39 is 0 Å². The van der Waals surface area contributed by atoms with Crippen LogP contribution in [0.5, 0.6) is 0 Å². The van der Waals surface area contributed by atoms with Gasteiger partial charge in [-0.25, -0.2) is 0 Å². The molecule has 0 heterocycles. The Morgan fingerprint density at radius 1 is 0.475 bits per heavy atom. The zero-order valence-corrected chi connectivity index (χ0v) is 22.9. The smallest absolute Gasteiger partial charge is 0.0431 e. The van der Waals surface area contributed by atoms with Gasteiger partial charge in [-0.05, 0) is 83.0 Å². The highest BCUT2D eigenvalue weighted by atomic mass is 16.3. The quantitative estimate of drug-likeness (QED) is 0.125. The normalized spacial score (nSPS) is 10.9. The molecule has 0 saturated carbocycles. The van der Waals surface area contributed by atoms with Crippen LogP contribution in [0.15, 0.2) is 84.9 Å². The van der Waals surface area contributed by atoms with Gasteiger partial charge in [-0.3, -0.25) is 0 Å². The fourth-order valence-corrected chi connectivity index (χ4v) is 4.34. The number of fused-ring (bicyclic) bond motifs is 1. The van der Waals surface area contributed by atoms with Gasteiger partial charge in [-0.2, -0.15) is 0 Å². The molecule has 0 atom stereocenters. The molecule has 0 fully saturated rings. The number of benzene rings is 4. The third kappa shape index (κ3) is 8.86. The van der Waals surface area contributed by atoms with Gasteiger partial charge in [0, 0.05) is 37.2 Å². The van der Waals surface area contributed by atoms with E-state index in [9.17, 15) is 0 Å². The van der Waals surface area contributed by atoms with Crippen molar-refractivity contribution in [1.29, 1.82) is 0 Å². The van der Waals surface area contributed by atoms with Gasteiger partial charge in [0.15, 0.2) is 0 Å². The summed E-state index contributed by atoms with van der Waals surface area (Å²) in [6.07, 6.45) is 13.8. The van der Waals surface area contributed by atoms with E-state index in [0.717, 1.165) is 60.8 Å². The molecule has 2 nitrogen and oxygen atoms in total. The minimum Gasteiger partial charge on any atom is -0.396 e. The minimum absolute atomic E-state index is 0.233. The fourth-order valence-electron chi connectivity index (χ4n) is 4.34. The third-order valence-corrected chi connectivity index (χ3v) is 6.61. The van der Waals surface area contributed by atoms with Crippen LogP contribution in [0.2, 0.25) is 0 Å². The van der Waals surface area contributed by atoms with Crippen molar-refractivity contribution in [2.45, 2.75) is 38.5 Å². The Morgan fingerprint density at radius 2 is 0.900 bits per heavy atom. The van der Waals surface area contributed by atoms with Crippen molar-refractivity contribution < 1.29 is 10.2 Å². The monoisotopic (exact) mass is 524 g/mol. The molecular formula is C38H36O2. The molecule has 0 amide bonds. The van der Waals surface area contributed by atoms with E-state index in [4.69, 9.17) is 10.2 Å². The minimum atomic E-state index is 0.233. The van der Waals surface area contributed by atoms with E-state index in [1.54, 1.807) is 0 Å². The molecule has 4 aromatic carbocycles. The number of unbranched alkanes of at least 4 members (excludes halogenated alkanes) is 4. The Bertz CT molecular complexity index is 1430. The molecule has 2 N–H and O–H groups in total. The lowest BCUT2D eigenvalue weighted by atomic mass is 9.98. The molecule has 0 unspecified atom stereocenters. The van der Waals surface area contributed by atoms with Crippen LogP contribution >= 0.6 is 0 Å². The Labute approximate surface area is 238 Å². The molecule has 0 radical (unpaired) electrons. The Morgan fingerprint density at radius 3 is 1.30 bits per heavy atom. The Kier molecular flexibility index (Phi) is 11.4. The molecule has 0 aliphatic heterocycles. The van der Waals surface area contributed by atoms with Gasteiger partial charge >= 0.3 is 0 Å². The van der Waals surface area contributed by atoms with Crippen LogP contribution in [0.1, 0.15) is 71.9 Å². The first-order valence-corrected chi connectivity index (χ1v) is 14.0. The largest absolute Gasteiger partial charge is 0.396 e. The van der Waals surface area contributed by atoms with Gasteiger partial charge in [-0.15, -0.1) is 0 Å². The second-order valence-corrected chi connectivity index (χ2v) is 9.67. The van der Waals surface area contributed by atoms with Crippen LogP contribution in [0, 0.1) is 23.7 Å². The summed E-state index contributed by atoms with van der Waals surface area (Å²) in [6.45, 7) is 0.466. The van der Waals surface area contributed by atoms with Crippen molar-refractivity contribution in [3.63, 3.8) is 0 Å². The SMILES string of the molecule is OCCCCC#Cc1ccc(C=Cc2ccc(/C=C\c3ccc(C#CCCCCO)cc3)c3ccccc23)cc1. The van der Waals surface area contributed by atoms with Crippen molar-refractivity contribution in [3.8, 4) is 23.7 Å². The van der Waals surface area contributed by atoms with Crippen LogP contribution < -0.4 is 0 Å². The first-order valence-electron chi connectivity index (χ1n) is 14.0. The zero-order valence-electron chi connectivity index (χ0n) is 22.9. The predicted octanol–water partition coefficient (Wildman–Crippen LogP) is 8.21. The van der Waals surface area contributed by atoms with Crippen molar-refractivity contribution in [2.24, 2.45) is 0 Å². The van der Waals surface area contributed by atoms with Crippen molar-refractivity contribution in [3.05, 3.63) is 118 Å². The van der Waals surface area contributed by atoms with Gasteiger partial charge < -0.3 is 10.2 Å². The van der Waals surface area contributed by atoms with Crippen molar-refractivity contribution in [2.75, 3.05) is 13.2 Å². The summed E-state index contributed by atoms with van der Waals surface area (Å²) in [5.41, 5.74) is 6.67. The number of hydrogen-bond acceptors (Lipinski definition) is 2. The van der Waals surface area contributed by atoms with Crippen molar-refractivity contribution in [1.82, 2.24) is 0 Å². The average Bonchev–Trinajstić information content (AvgIpc) is 3.00. The van der Waals surface area contributed by atoms with E-state index in [-0.39, 0.29) is 13.2 Å². The topological polar surface area (TPSA) is 40.5 Å². The fraction of sp³-hybridized carbons (Fsp3) is 0.211. The van der Waals surface area contributed by atoms with Crippen LogP contribution in [0.3, 0.4) is 0 Å². The maximum Gasteiger partial charge on any atom is 0.0431 e. The summed E-state index contributed by atoms with van der Waals surface area (Å²) in [5, 5.41) is 20.2. The van der Waals surface area contributed by atoms with Crippen LogP contribution in [0.25, 0.3) is 35.1 Å². The second kappa shape index (κ2) is 15.9. The predicted molar refractivity (Wildman–Crippen MR) is 170 cm³/mol. The lowest BCUT2D eigenvalue weighted by Crippen LogP contribution is -1.83. The van der Waals surface area contributed by atoms with Gasteiger partial charge in [-0.1, -0.05) is 109 Å². The average molecular weight is 525 g/mol. The molecule has 0 aliphatic carbocycles. The molecule has 0 bridgehead atoms. The van der Waals surface area contributed by atoms with E-state index in [1.807, 2.05) is 0 Å². The lowest BCUT2D eigenvalue weighted by molar-refractivity contribution is 0.285. The standard InChI is InChI=1S/C38H36O2/c39-29-9-3-1-5-11-31-15-19-33(20-16-31)23-25-35-27-28-36(38-14-8-7-13-37(35)38)26-24-34-21-17-32(18-22-34)12-6-2-4-10-30-40/h7-8,13-28,39-40H,1-4,9-10,29-30H2/b25-23-,26-24?. The third-order valence-electron chi connectivity index (χ3n) is 6.61. The molecule has 0 aliphatic rings. The summed E-state index contributed by atoms with van der Waals surface area (Å²) in [5.74, 6) is 12.8. The number of hydrogen-bond donors (Lipinski definition) is 2. The molecule has 40 heavy (non-hydrogen) atoms. The summed E-state index contributed by atoms with van der Waals surface area (Å²) in [6, 6.07) is 29.5. The van der Waals surface area contributed by atoms with E-state index in [0.29, 0.717) is 0 Å². The molecule has 200 valence electrons. The van der Waals surface area contributed by atoms with Crippen LogP contribution in [0.4, 0.5) is 0 Å². The summed E-state index contributed by atoms with van der Waals surface area (Å²) >= 11 is 0.